The number of carbonyl (C=O) groups is 1. The molecule has 0 aliphatic heterocycles. The Balaban J connectivity index is 1.62. The highest BCUT2D eigenvalue weighted by Gasteiger charge is 2.17. The molecule has 0 fully saturated rings. The van der Waals surface area contributed by atoms with Gasteiger partial charge in [0.25, 0.3) is 5.91 Å². The number of para-hydroxylation sites is 4. The van der Waals surface area contributed by atoms with E-state index in [9.17, 15) is 4.79 Å². The van der Waals surface area contributed by atoms with Crippen LogP contribution in [0.3, 0.4) is 0 Å². The van der Waals surface area contributed by atoms with Gasteiger partial charge in [0.2, 0.25) is 0 Å². The molecule has 0 aliphatic carbocycles. The summed E-state index contributed by atoms with van der Waals surface area (Å²) in [5.41, 5.74) is 1.98. The van der Waals surface area contributed by atoms with Crippen molar-refractivity contribution in [2.45, 2.75) is 0 Å². The number of rotatable bonds is 4. The first-order valence-electron chi connectivity index (χ1n) is 8.12. The number of halogens is 1. The summed E-state index contributed by atoms with van der Waals surface area (Å²) in [5.74, 6) is 1.05. The lowest BCUT2D eigenvalue weighted by molar-refractivity contribution is 0.102. The second-order valence-corrected chi connectivity index (χ2v) is 6.52. The van der Waals surface area contributed by atoms with Gasteiger partial charge in [-0.25, -0.2) is 0 Å². The Morgan fingerprint density at radius 3 is 2.38 bits per heavy atom. The molecule has 3 aromatic carbocycles. The number of H-pyrrole nitrogens is 1. The zero-order valence-electron chi connectivity index (χ0n) is 13.7. The highest BCUT2D eigenvalue weighted by molar-refractivity contribution is 9.10. The van der Waals surface area contributed by atoms with Gasteiger partial charge in [-0.15, -0.1) is 0 Å². The van der Waals surface area contributed by atoms with Crippen molar-refractivity contribution in [1.29, 1.82) is 0 Å². The van der Waals surface area contributed by atoms with Crippen LogP contribution >= 0.6 is 15.9 Å². The van der Waals surface area contributed by atoms with Crippen LogP contribution in [0.1, 0.15) is 10.5 Å². The molecule has 2 N–H and O–H groups in total. The Labute approximate surface area is 158 Å². The van der Waals surface area contributed by atoms with Crippen molar-refractivity contribution >= 4 is 38.4 Å². The molecule has 0 atom stereocenters. The standard InChI is InChI=1S/C21H15BrN2O2/c22-19-15-10-4-5-11-16(15)23-20(19)21(25)24-17-12-6-7-13-18(17)26-14-8-2-1-3-9-14/h1-13,23H,(H,24,25). The average molecular weight is 407 g/mol. The summed E-state index contributed by atoms with van der Waals surface area (Å²) in [5, 5.41) is 3.89. The lowest BCUT2D eigenvalue weighted by atomic mass is 10.2. The number of fused-ring (bicyclic) bond motifs is 1. The molecule has 0 saturated carbocycles. The van der Waals surface area contributed by atoms with Crippen molar-refractivity contribution in [1.82, 2.24) is 4.98 Å². The summed E-state index contributed by atoms with van der Waals surface area (Å²) in [4.78, 5) is 15.9. The van der Waals surface area contributed by atoms with Crippen LogP contribution in [0.2, 0.25) is 0 Å². The lowest BCUT2D eigenvalue weighted by Crippen LogP contribution is -2.13. The Hall–Kier alpha value is -3.05. The second kappa shape index (κ2) is 7.06. The smallest absolute Gasteiger partial charge is 0.273 e. The fraction of sp³-hybridized carbons (Fsp3) is 0. The summed E-state index contributed by atoms with van der Waals surface area (Å²) in [6.07, 6.45) is 0. The molecule has 1 aromatic heterocycles. The molecule has 0 saturated heterocycles. The third-order valence-electron chi connectivity index (χ3n) is 3.98. The molecule has 0 bridgehead atoms. The predicted molar refractivity (Wildman–Crippen MR) is 107 cm³/mol. The number of hydrogen-bond donors (Lipinski definition) is 2. The number of carbonyl (C=O) groups excluding carboxylic acids is 1. The molecule has 0 aliphatic rings. The monoisotopic (exact) mass is 406 g/mol. The van der Waals surface area contributed by atoms with E-state index in [0.29, 0.717) is 22.9 Å². The van der Waals surface area contributed by atoms with E-state index in [-0.39, 0.29) is 5.91 Å². The second-order valence-electron chi connectivity index (χ2n) is 5.72. The zero-order valence-corrected chi connectivity index (χ0v) is 15.3. The van der Waals surface area contributed by atoms with Gasteiger partial charge in [-0.2, -0.15) is 0 Å². The molecule has 128 valence electrons. The van der Waals surface area contributed by atoms with Gasteiger partial charge in [0.1, 0.15) is 11.4 Å². The molecule has 1 amide bonds. The molecule has 4 rings (SSSR count). The fourth-order valence-corrected chi connectivity index (χ4v) is 3.35. The minimum absolute atomic E-state index is 0.239. The van der Waals surface area contributed by atoms with Crippen LogP contribution in [0.5, 0.6) is 11.5 Å². The lowest BCUT2D eigenvalue weighted by Gasteiger charge is -2.12. The first-order chi connectivity index (χ1) is 12.7. The van der Waals surface area contributed by atoms with E-state index < -0.39 is 0 Å². The third kappa shape index (κ3) is 3.21. The minimum Gasteiger partial charge on any atom is -0.455 e. The maximum absolute atomic E-state index is 12.8. The summed E-state index contributed by atoms with van der Waals surface area (Å²) < 4.78 is 6.64. The van der Waals surface area contributed by atoms with Crippen LogP contribution in [0, 0.1) is 0 Å². The largest absolute Gasteiger partial charge is 0.455 e. The van der Waals surface area contributed by atoms with Crippen LogP contribution in [-0.4, -0.2) is 10.9 Å². The Bertz CT molecular complexity index is 1070. The highest BCUT2D eigenvalue weighted by atomic mass is 79.9. The molecule has 26 heavy (non-hydrogen) atoms. The van der Waals surface area contributed by atoms with Gasteiger partial charge in [-0.3, -0.25) is 4.79 Å². The van der Waals surface area contributed by atoms with Crippen LogP contribution in [-0.2, 0) is 0 Å². The summed E-state index contributed by atoms with van der Waals surface area (Å²) in [7, 11) is 0. The normalized spacial score (nSPS) is 10.7. The highest BCUT2D eigenvalue weighted by Crippen LogP contribution is 2.31. The van der Waals surface area contributed by atoms with Crippen molar-refractivity contribution in [2.75, 3.05) is 5.32 Å². The Morgan fingerprint density at radius 1 is 0.885 bits per heavy atom. The number of ether oxygens (including phenoxy) is 1. The summed E-state index contributed by atoms with van der Waals surface area (Å²) >= 11 is 3.51. The van der Waals surface area contributed by atoms with Crippen LogP contribution in [0.4, 0.5) is 5.69 Å². The van der Waals surface area contributed by atoms with E-state index >= 15 is 0 Å². The minimum atomic E-state index is -0.239. The molecule has 1 heterocycles. The summed E-state index contributed by atoms with van der Waals surface area (Å²) in [6.45, 7) is 0. The molecule has 0 spiro atoms. The maximum atomic E-state index is 12.8. The van der Waals surface area contributed by atoms with E-state index in [1.165, 1.54) is 0 Å². The maximum Gasteiger partial charge on any atom is 0.273 e. The Kier molecular flexibility index (Phi) is 4.46. The van der Waals surface area contributed by atoms with Gasteiger partial charge in [-0.1, -0.05) is 48.5 Å². The van der Waals surface area contributed by atoms with Crippen molar-refractivity contribution < 1.29 is 9.53 Å². The predicted octanol–water partition coefficient (Wildman–Crippen LogP) is 5.98. The fourth-order valence-electron chi connectivity index (χ4n) is 2.72. The van der Waals surface area contributed by atoms with E-state index in [1.807, 2.05) is 78.9 Å². The topological polar surface area (TPSA) is 54.1 Å². The van der Waals surface area contributed by atoms with Crippen LogP contribution in [0.15, 0.2) is 83.3 Å². The van der Waals surface area contributed by atoms with E-state index in [2.05, 4.69) is 26.2 Å². The van der Waals surface area contributed by atoms with E-state index in [0.717, 1.165) is 15.4 Å². The molecule has 4 aromatic rings. The van der Waals surface area contributed by atoms with Gasteiger partial charge in [0, 0.05) is 10.9 Å². The molecule has 0 radical (unpaired) electrons. The quantitative estimate of drug-likeness (QED) is 0.438. The van der Waals surface area contributed by atoms with Crippen molar-refractivity contribution in [2.24, 2.45) is 0 Å². The number of amides is 1. The Morgan fingerprint density at radius 2 is 1.58 bits per heavy atom. The van der Waals surface area contributed by atoms with Crippen molar-refractivity contribution in [3.8, 4) is 11.5 Å². The zero-order chi connectivity index (χ0) is 17.9. The van der Waals surface area contributed by atoms with Crippen LogP contribution < -0.4 is 10.1 Å². The van der Waals surface area contributed by atoms with Gasteiger partial charge in [-0.05, 0) is 46.3 Å². The number of nitrogens with one attached hydrogen (secondary N) is 2. The number of anilines is 1. The van der Waals surface area contributed by atoms with E-state index in [4.69, 9.17) is 4.74 Å². The molecular weight excluding hydrogens is 392 g/mol. The average Bonchev–Trinajstić information content (AvgIpc) is 3.01. The first-order valence-corrected chi connectivity index (χ1v) is 8.91. The van der Waals surface area contributed by atoms with Crippen molar-refractivity contribution in [3.05, 3.63) is 89.0 Å². The molecular formula is C21H15BrN2O2. The van der Waals surface area contributed by atoms with Gasteiger partial charge < -0.3 is 15.0 Å². The first kappa shape index (κ1) is 16.4. The number of aromatic nitrogens is 1. The SMILES string of the molecule is O=C(Nc1ccccc1Oc1ccccc1)c1[nH]c2ccccc2c1Br. The summed E-state index contributed by atoms with van der Waals surface area (Å²) in [6, 6.07) is 24.6. The molecule has 5 heteroatoms. The van der Waals surface area contributed by atoms with Gasteiger partial charge in [0.05, 0.1) is 10.2 Å². The van der Waals surface area contributed by atoms with Crippen LogP contribution in [0.25, 0.3) is 10.9 Å². The van der Waals surface area contributed by atoms with Gasteiger partial charge >= 0.3 is 0 Å². The number of hydrogen-bond acceptors (Lipinski definition) is 2. The van der Waals surface area contributed by atoms with Crippen molar-refractivity contribution in [3.63, 3.8) is 0 Å². The number of benzene rings is 3. The molecule has 4 nitrogen and oxygen atoms in total. The molecule has 0 unspecified atom stereocenters. The third-order valence-corrected chi connectivity index (χ3v) is 4.80. The van der Waals surface area contributed by atoms with Gasteiger partial charge in [0.15, 0.2) is 5.75 Å². The van der Waals surface area contributed by atoms with E-state index in [1.54, 1.807) is 0 Å². The number of aromatic amines is 1.